The maximum atomic E-state index is 12.0. The molecule has 8 nitrogen and oxygen atoms in total. The van der Waals surface area contributed by atoms with Crippen LogP contribution in [0.3, 0.4) is 0 Å². The number of carbonyl (C=O) groups is 1. The smallest absolute Gasteiger partial charge is 0.271 e. The number of likely N-dealkylation sites (N-methyl/N-ethyl adjacent to an activating group) is 1. The van der Waals surface area contributed by atoms with Gasteiger partial charge in [-0.3, -0.25) is 4.79 Å². The maximum Gasteiger partial charge on any atom is 0.271 e. The number of methoxy groups -OCH3 is 2. The largest absolute Gasteiger partial charge is 0.497 e. The number of benzene rings is 1. The average molecular weight is 345 g/mol. The van der Waals surface area contributed by atoms with E-state index < -0.39 is 0 Å². The van der Waals surface area contributed by atoms with Crippen molar-refractivity contribution in [3.63, 3.8) is 0 Å². The first-order valence-corrected chi connectivity index (χ1v) is 7.77. The van der Waals surface area contributed by atoms with Crippen molar-refractivity contribution in [2.75, 3.05) is 46.7 Å². The molecule has 0 radical (unpaired) electrons. The molecule has 0 spiro atoms. The fourth-order valence-corrected chi connectivity index (χ4v) is 2.03. The van der Waals surface area contributed by atoms with Gasteiger partial charge in [0.2, 0.25) is 0 Å². The number of carbonyl (C=O) groups excluding carboxylic acids is 1. The van der Waals surface area contributed by atoms with E-state index in [1.807, 2.05) is 31.1 Å². The summed E-state index contributed by atoms with van der Waals surface area (Å²) < 4.78 is 10.5. The van der Waals surface area contributed by atoms with Crippen LogP contribution in [-0.2, 0) is 0 Å². The van der Waals surface area contributed by atoms with Gasteiger partial charge in [0.05, 0.1) is 32.3 Å². The van der Waals surface area contributed by atoms with E-state index in [4.69, 9.17) is 9.47 Å². The zero-order valence-electron chi connectivity index (χ0n) is 14.9. The van der Waals surface area contributed by atoms with Crippen LogP contribution in [0.15, 0.2) is 30.6 Å². The summed E-state index contributed by atoms with van der Waals surface area (Å²) >= 11 is 0. The first kappa shape index (κ1) is 18.5. The molecule has 0 saturated heterocycles. The molecule has 2 N–H and O–H groups in total. The summed E-state index contributed by atoms with van der Waals surface area (Å²) in [6, 6.07) is 5.40. The Balaban J connectivity index is 2.02. The Bertz CT molecular complexity index is 704. The standard InChI is InChI=1S/C17H23N5O3/c1-22(2)8-7-18-17(23)14-10-20-16(11-19-14)21-13-6-5-12(24-3)9-15(13)25-4/h5-6,9-11H,7-8H2,1-4H3,(H,18,23)(H,20,21). The molecule has 0 aliphatic heterocycles. The van der Waals surface area contributed by atoms with Crippen LogP contribution in [-0.4, -0.2) is 62.2 Å². The second kappa shape index (κ2) is 8.84. The highest BCUT2D eigenvalue weighted by molar-refractivity contribution is 5.92. The Labute approximate surface area is 147 Å². The van der Waals surface area contributed by atoms with Crippen LogP contribution < -0.4 is 20.1 Å². The Morgan fingerprint density at radius 2 is 1.96 bits per heavy atom. The fraction of sp³-hybridized carbons (Fsp3) is 0.353. The van der Waals surface area contributed by atoms with Gasteiger partial charge in [0.1, 0.15) is 23.0 Å². The summed E-state index contributed by atoms with van der Waals surface area (Å²) in [6.45, 7) is 1.31. The molecule has 2 aromatic rings. The average Bonchev–Trinajstić information content (AvgIpc) is 2.62. The van der Waals surface area contributed by atoms with Crippen molar-refractivity contribution in [1.29, 1.82) is 0 Å². The summed E-state index contributed by atoms with van der Waals surface area (Å²) in [5.74, 6) is 1.57. The van der Waals surface area contributed by atoms with Gasteiger partial charge in [-0.1, -0.05) is 0 Å². The number of ether oxygens (including phenoxy) is 2. The van der Waals surface area contributed by atoms with Crippen molar-refractivity contribution in [3.05, 3.63) is 36.3 Å². The van der Waals surface area contributed by atoms with Gasteiger partial charge in [0.25, 0.3) is 5.91 Å². The van der Waals surface area contributed by atoms with Crippen molar-refractivity contribution in [2.45, 2.75) is 0 Å². The van der Waals surface area contributed by atoms with E-state index in [0.29, 0.717) is 23.9 Å². The molecule has 25 heavy (non-hydrogen) atoms. The van der Waals surface area contributed by atoms with Gasteiger partial charge in [-0.05, 0) is 26.2 Å². The molecule has 0 unspecified atom stereocenters. The first-order valence-electron chi connectivity index (χ1n) is 7.77. The zero-order chi connectivity index (χ0) is 18.2. The number of hydrogen-bond acceptors (Lipinski definition) is 7. The second-order valence-electron chi connectivity index (χ2n) is 5.54. The molecule has 1 heterocycles. The maximum absolute atomic E-state index is 12.0. The van der Waals surface area contributed by atoms with Crippen molar-refractivity contribution >= 4 is 17.4 Å². The van der Waals surface area contributed by atoms with E-state index in [1.54, 1.807) is 20.3 Å². The molecule has 1 aromatic heterocycles. The lowest BCUT2D eigenvalue weighted by Gasteiger charge is -2.12. The minimum absolute atomic E-state index is 0.247. The molecule has 0 bridgehead atoms. The number of amides is 1. The van der Waals surface area contributed by atoms with Crippen molar-refractivity contribution in [2.24, 2.45) is 0 Å². The summed E-state index contributed by atoms with van der Waals surface area (Å²) in [5, 5.41) is 5.90. The van der Waals surface area contributed by atoms with E-state index in [-0.39, 0.29) is 11.6 Å². The van der Waals surface area contributed by atoms with Gasteiger partial charge >= 0.3 is 0 Å². The van der Waals surface area contributed by atoms with Crippen LogP contribution in [0.25, 0.3) is 0 Å². The second-order valence-corrected chi connectivity index (χ2v) is 5.54. The molecule has 0 aliphatic rings. The zero-order valence-corrected chi connectivity index (χ0v) is 14.9. The van der Waals surface area contributed by atoms with Gasteiger partial charge < -0.3 is 25.0 Å². The normalized spacial score (nSPS) is 10.4. The predicted molar refractivity (Wildman–Crippen MR) is 95.7 cm³/mol. The molecule has 0 saturated carbocycles. The van der Waals surface area contributed by atoms with E-state index in [0.717, 1.165) is 12.2 Å². The molecular formula is C17H23N5O3. The molecule has 0 fully saturated rings. The molecule has 2 rings (SSSR count). The van der Waals surface area contributed by atoms with E-state index >= 15 is 0 Å². The SMILES string of the molecule is COc1ccc(Nc2cnc(C(=O)NCCN(C)C)cn2)c(OC)c1. The van der Waals surface area contributed by atoms with Crippen molar-refractivity contribution in [3.8, 4) is 11.5 Å². The predicted octanol–water partition coefficient (Wildman–Crippen LogP) is 1.53. The van der Waals surface area contributed by atoms with Crippen LogP contribution >= 0.6 is 0 Å². The Hall–Kier alpha value is -2.87. The molecule has 0 atom stereocenters. The Morgan fingerprint density at radius 1 is 1.16 bits per heavy atom. The van der Waals surface area contributed by atoms with Gasteiger partial charge in [-0.15, -0.1) is 0 Å². The van der Waals surface area contributed by atoms with Gasteiger partial charge in [-0.2, -0.15) is 0 Å². The third-order valence-electron chi connectivity index (χ3n) is 3.40. The fourth-order valence-electron chi connectivity index (χ4n) is 2.03. The molecule has 134 valence electrons. The third-order valence-corrected chi connectivity index (χ3v) is 3.40. The first-order chi connectivity index (χ1) is 12.0. The third kappa shape index (κ3) is 5.32. The van der Waals surface area contributed by atoms with Crippen molar-refractivity contribution in [1.82, 2.24) is 20.2 Å². The minimum Gasteiger partial charge on any atom is -0.497 e. The van der Waals surface area contributed by atoms with E-state index in [2.05, 4.69) is 20.6 Å². The minimum atomic E-state index is -0.247. The number of anilines is 2. The van der Waals surface area contributed by atoms with Crippen LogP contribution in [0.2, 0.25) is 0 Å². The highest BCUT2D eigenvalue weighted by Gasteiger charge is 2.09. The topological polar surface area (TPSA) is 88.6 Å². The lowest BCUT2D eigenvalue weighted by molar-refractivity contribution is 0.0945. The van der Waals surface area contributed by atoms with Crippen LogP contribution in [0.5, 0.6) is 11.5 Å². The monoisotopic (exact) mass is 345 g/mol. The van der Waals surface area contributed by atoms with Gasteiger partial charge in [0, 0.05) is 19.2 Å². The number of nitrogens with zero attached hydrogens (tertiary/aromatic N) is 3. The van der Waals surface area contributed by atoms with Gasteiger partial charge in [0.15, 0.2) is 0 Å². The molecule has 0 aliphatic carbocycles. The van der Waals surface area contributed by atoms with Gasteiger partial charge in [-0.25, -0.2) is 9.97 Å². The highest BCUT2D eigenvalue weighted by atomic mass is 16.5. The van der Waals surface area contributed by atoms with Crippen molar-refractivity contribution < 1.29 is 14.3 Å². The molecule has 8 heteroatoms. The number of hydrogen-bond donors (Lipinski definition) is 2. The summed E-state index contributed by atoms with van der Waals surface area (Å²) in [7, 11) is 7.06. The lowest BCUT2D eigenvalue weighted by atomic mass is 10.2. The van der Waals surface area contributed by atoms with Crippen LogP contribution in [0, 0.1) is 0 Å². The van der Waals surface area contributed by atoms with Crippen LogP contribution in [0.1, 0.15) is 10.5 Å². The summed E-state index contributed by atoms with van der Waals surface area (Å²) in [6.07, 6.45) is 2.94. The number of nitrogens with one attached hydrogen (secondary N) is 2. The highest BCUT2D eigenvalue weighted by Crippen LogP contribution is 2.30. The number of rotatable bonds is 8. The lowest BCUT2D eigenvalue weighted by Crippen LogP contribution is -2.31. The Morgan fingerprint density at radius 3 is 2.56 bits per heavy atom. The quantitative estimate of drug-likeness (QED) is 0.750. The molecular weight excluding hydrogens is 322 g/mol. The number of aromatic nitrogens is 2. The Kier molecular flexibility index (Phi) is 6.53. The summed E-state index contributed by atoms with van der Waals surface area (Å²) in [5.41, 5.74) is 0.992. The molecule has 1 aromatic carbocycles. The summed E-state index contributed by atoms with van der Waals surface area (Å²) in [4.78, 5) is 22.3. The van der Waals surface area contributed by atoms with E-state index in [1.165, 1.54) is 12.4 Å². The molecule has 1 amide bonds. The van der Waals surface area contributed by atoms with E-state index in [9.17, 15) is 4.79 Å². The van der Waals surface area contributed by atoms with Crippen LogP contribution in [0.4, 0.5) is 11.5 Å².